The van der Waals surface area contributed by atoms with Gasteiger partial charge >= 0.3 is 5.90 Å². The van der Waals surface area contributed by atoms with Crippen molar-refractivity contribution in [1.29, 1.82) is 0 Å². The van der Waals surface area contributed by atoms with Crippen LogP contribution in [0.25, 0.3) is 0 Å². The van der Waals surface area contributed by atoms with Crippen molar-refractivity contribution in [3.8, 4) is 5.75 Å². The molecule has 5 atom stereocenters. The van der Waals surface area contributed by atoms with Gasteiger partial charge in [0.1, 0.15) is 30.2 Å². The van der Waals surface area contributed by atoms with E-state index in [4.69, 9.17) is 25.4 Å². The SMILES string of the molecule is Cc1cc(OCCC(=O)NC(C)(C)CO)ccc1C/C(C(=[NH2+])O[C@@H]1O[C@H](CO)[C@@H](O)[C@H](O)[C@H]1O)=C(/N)C(C)C. The molecule has 1 amide bonds. The summed E-state index contributed by atoms with van der Waals surface area (Å²) >= 11 is 0. The molecule has 0 radical (unpaired) electrons. The van der Waals surface area contributed by atoms with E-state index in [-0.39, 0.29) is 43.8 Å². The van der Waals surface area contributed by atoms with Crippen LogP contribution in [0.5, 0.6) is 5.75 Å². The Labute approximate surface area is 228 Å². The average molecular weight is 555 g/mol. The van der Waals surface area contributed by atoms with Crippen molar-refractivity contribution in [2.45, 2.75) is 83.7 Å². The lowest BCUT2D eigenvalue weighted by atomic mass is 9.95. The first-order valence-electron chi connectivity index (χ1n) is 12.9. The zero-order chi connectivity index (χ0) is 29.5. The lowest BCUT2D eigenvalue weighted by Crippen LogP contribution is -2.61. The van der Waals surface area contributed by atoms with Crippen LogP contribution in [0.4, 0.5) is 0 Å². The van der Waals surface area contributed by atoms with E-state index in [2.05, 4.69) is 5.32 Å². The van der Waals surface area contributed by atoms with E-state index in [1.807, 2.05) is 32.9 Å². The van der Waals surface area contributed by atoms with E-state index in [1.54, 1.807) is 19.9 Å². The molecule has 0 aromatic heterocycles. The molecule has 0 unspecified atom stereocenters. The fourth-order valence-electron chi connectivity index (χ4n) is 3.93. The molecule has 1 aliphatic heterocycles. The summed E-state index contributed by atoms with van der Waals surface area (Å²) in [6.45, 7) is 8.50. The van der Waals surface area contributed by atoms with Gasteiger partial charge in [0.2, 0.25) is 12.2 Å². The Balaban J connectivity index is 2.11. The van der Waals surface area contributed by atoms with Crippen LogP contribution in [0.1, 0.15) is 45.2 Å². The lowest BCUT2D eigenvalue weighted by molar-refractivity contribution is -0.291. The Kier molecular flexibility index (Phi) is 11.7. The summed E-state index contributed by atoms with van der Waals surface area (Å²) in [7, 11) is 0. The number of aryl methyl sites for hydroxylation is 1. The number of rotatable bonds is 12. The molecule has 12 nitrogen and oxygen atoms in total. The maximum atomic E-state index is 12.1. The van der Waals surface area contributed by atoms with Crippen molar-refractivity contribution in [3.05, 3.63) is 40.6 Å². The quantitative estimate of drug-likeness (QED) is 0.106. The van der Waals surface area contributed by atoms with E-state index in [1.165, 1.54) is 0 Å². The monoisotopic (exact) mass is 554 g/mol. The molecule has 0 saturated carbocycles. The predicted octanol–water partition coefficient (Wildman–Crippen LogP) is -1.96. The molecule has 220 valence electrons. The minimum absolute atomic E-state index is 0.0955. The Morgan fingerprint density at radius 1 is 1.18 bits per heavy atom. The summed E-state index contributed by atoms with van der Waals surface area (Å²) in [4.78, 5) is 12.1. The number of nitrogens with two attached hydrogens (primary N) is 2. The second-order valence-electron chi connectivity index (χ2n) is 10.7. The maximum Gasteiger partial charge on any atom is 0.366 e. The summed E-state index contributed by atoms with van der Waals surface area (Å²) in [5.74, 6) is 0.123. The first-order valence-corrected chi connectivity index (χ1v) is 12.9. The minimum Gasteiger partial charge on any atom is -0.493 e. The van der Waals surface area contributed by atoms with E-state index in [9.17, 15) is 30.3 Å². The predicted molar refractivity (Wildman–Crippen MR) is 142 cm³/mol. The minimum atomic E-state index is -1.61. The van der Waals surface area contributed by atoms with E-state index < -0.39 is 42.9 Å². The van der Waals surface area contributed by atoms with Crippen molar-refractivity contribution in [2.75, 3.05) is 19.8 Å². The molecule has 0 bridgehead atoms. The van der Waals surface area contributed by atoms with Gasteiger partial charge in [-0.1, -0.05) is 19.9 Å². The Hall–Kier alpha value is -2.74. The number of allylic oxidation sites excluding steroid dienone is 1. The highest BCUT2D eigenvalue weighted by molar-refractivity contribution is 5.90. The molecular weight excluding hydrogens is 510 g/mol. The fourth-order valence-corrected chi connectivity index (χ4v) is 3.93. The first kappa shape index (κ1) is 32.5. The second kappa shape index (κ2) is 14.1. The third-order valence-corrected chi connectivity index (χ3v) is 6.51. The summed E-state index contributed by atoms with van der Waals surface area (Å²) < 4.78 is 16.8. The van der Waals surface area contributed by atoms with Gasteiger partial charge in [0.15, 0.2) is 0 Å². The molecule has 1 fully saturated rings. The summed E-state index contributed by atoms with van der Waals surface area (Å²) in [6.07, 6.45) is -6.91. The van der Waals surface area contributed by atoms with E-state index in [0.29, 0.717) is 17.0 Å². The number of ether oxygens (including phenoxy) is 3. The number of nitrogens with one attached hydrogen (secondary N) is 1. The largest absolute Gasteiger partial charge is 0.493 e. The molecule has 10 N–H and O–H groups in total. The first-order chi connectivity index (χ1) is 18.2. The molecule has 0 aliphatic carbocycles. The molecule has 1 saturated heterocycles. The van der Waals surface area contributed by atoms with Gasteiger partial charge < -0.3 is 50.8 Å². The molecule has 1 aromatic rings. The summed E-state index contributed by atoms with van der Waals surface area (Å²) in [5, 5.41) is 58.1. The number of aliphatic hydroxyl groups is 5. The van der Waals surface area contributed by atoms with Gasteiger partial charge in [0, 0.05) is 12.1 Å². The fraction of sp³-hybridized carbons (Fsp3) is 0.630. The third kappa shape index (κ3) is 8.88. The number of benzene rings is 1. The average Bonchev–Trinajstić information content (AvgIpc) is 2.87. The van der Waals surface area contributed by atoms with Gasteiger partial charge in [0.25, 0.3) is 0 Å². The van der Waals surface area contributed by atoms with Crippen LogP contribution in [0, 0.1) is 12.8 Å². The summed E-state index contributed by atoms with van der Waals surface area (Å²) in [5.41, 5.74) is 8.31. The van der Waals surface area contributed by atoms with Crippen LogP contribution in [-0.4, -0.2) is 93.4 Å². The van der Waals surface area contributed by atoms with Gasteiger partial charge in [-0.05, 0) is 49.9 Å². The van der Waals surface area contributed by atoms with Crippen molar-refractivity contribution in [1.82, 2.24) is 5.32 Å². The van der Waals surface area contributed by atoms with Crippen molar-refractivity contribution in [3.63, 3.8) is 0 Å². The maximum absolute atomic E-state index is 12.1. The van der Waals surface area contributed by atoms with Crippen LogP contribution in [0.15, 0.2) is 29.5 Å². The van der Waals surface area contributed by atoms with Crippen LogP contribution in [0.2, 0.25) is 0 Å². The van der Waals surface area contributed by atoms with Crippen molar-refractivity contribution in [2.24, 2.45) is 11.7 Å². The van der Waals surface area contributed by atoms with Crippen LogP contribution in [0.3, 0.4) is 0 Å². The normalized spacial score (nSPS) is 24.2. The standard InChI is InChI=1S/C27H43N3O9/c1-14(2)21(28)18(25(29)39-26-24(36)23(35)22(34)19(12-31)38-26)11-16-6-7-17(10-15(16)3)37-9-8-20(33)30-27(4,5)13-32/h6-7,10,14,19,22-24,26,29,31-32,34-36H,8-9,11-13,28H2,1-5H3,(H,30,33)/p+1/b21-18-,29-25?/t19-,22-,23+,24-,26+/m1/s1. The molecule has 1 aromatic carbocycles. The van der Waals surface area contributed by atoms with Gasteiger partial charge in [-0.15, -0.1) is 0 Å². The molecule has 0 spiro atoms. The van der Waals surface area contributed by atoms with Crippen molar-refractivity contribution >= 4 is 11.8 Å². The number of hydrogen-bond donors (Lipinski definition) is 8. The molecular formula is C27H44N3O9+. The zero-order valence-corrected chi connectivity index (χ0v) is 23.3. The highest BCUT2D eigenvalue weighted by Gasteiger charge is 2.45. The Morgan fingerprint density at radius 2 is 1.85 bits per heavy atom. The highest BCUT2D eigenvalue weighted by Crippen LogP contribution is 2.26. The molecule has 1 heterocycles. The van der Waals surface area contributed by atoms with Crippen LogP contribution < -0.4 is 21.2 Å². The topological polar surface area (TPSA) is 210 Å². The Bertz CT molecular complexity index is 1030. The van der Waals surface area contributed by atoms with E-state index in [0.717, 1.165) is 11.1 Å². The summed E-state index contributed by atoms with van der Waals surface area (Å²) in [6, 6.07) is 5.42. The second-order valence-corrected chi connectivity index (χ2v) is 10.7. The van der Waals surface area contributed by atoms with Gasteiger partial charge in [-0.25, -0.2) is 5.41 Å². The van der Waals surface area contributed by atoms with E-state index >= 15 is 0 Å². The molecule has 12 heteroatoms. The molecule has 1 aliphatic rings. The van der Waals surface area contributed by atoms with Crippen LogP contribution in [-0.2, 0) is 20.7 Å². The number of carbonyl (C=O) groups excluding carboxylic acids is 1. The number of carbonyl (C=O) groups is 1. The lowest BCUT2D eigenvalue weighted by Gasteiger charge is -2.39. The van der Waals surface area contributed by atoms with Crippen LogP contribution >= 0.6 is 0 Å². The van der Waals surface area contributed by atoms with Gasteiger partial charge in [-0.2, -0.15) is 0 Å². The zero-order valence-electron chi connectivity index (χ0n) is 23.3. The molecule has 39 heavy (non-hydrogen) atoms. The highest BCUT2D eigenvalue weighted by atomic mass is 16.7. The number of aliphatic hydroxyl groups excluding tert-OH is 5. The Morgan fingerprint density at radius 3 is 2.41 bits per heavy atom. The van der Waals surface area contributed by atoms with Gasteiger partial charge in [0.05, 0.1) is 37.4 Å². The molecule has 2 rings (SSSR count). The number of hydrogen-bond acceptors (Lipinski definition) is 10. The smallest absolute Gasteiger partial charge is 0.366 e. The van der Waals surface area contributed by atoms with Gasteiger partial charge in [-0.3, -0.25) is 4.79 Å². The third-order valence-electron chi connectivity index (χ3n) is 6.51. The van der Waals surface area contributed by atoms with Crippen molar-refractivity contribution < 1.29 is 49.9 Å². The number of amides is 1.